The lowest BCUT2D eigenvalue weighted by Crippen LogP contribution is -2.51. The van der Waals surface area contributed by atoms with Crippen LogP contribution in [0.1, 0.15) is 33.1 Å². The van der Waals surface area contributed by atoms with Crippen LogP contribution >= 0.6 is 11.3 Å². The summed E-state index contributed by atoms with van der Waals surface area (Å²) in [5.41, 5.74) is 0.409. The highest BCUT2D eigenvalue weighted by atomic mass is 32.1. The number of nitrogens with zero attached hydrogens (tertiary/aromatic N) is 3. The van der Waals surface area contributed by atoms with Gasteiger partial charge in [0.15, 0.2) is 5.13 Å². The molecule has 2 heterocycles. The molecule has 1 aliphatic carbocycles. The van der Waals surface area contributed by atoms with Gasteiger partial charge in [-0.3, -0.25) is 4.90 Å². The summed E-state index contributed by atoms with van der Waals surface area (Å²) >= 11 is 1.75. The number of aromatic nitrogens is 1. The predicted molar refractivity (Wildman–Crippen MR) is 90.2 cm³/mol. The van der Waals surface area contributed by atoms with E-state index in [9.17, 15) is 0 Å². The maximum atomic E-state index is 4.43. The van der Waals surface area contributed by atoms with Crippen LogP contribution < -0.4 is 10.2 Å². The summed E-state index contributed by atoms with van der Waals surface area (Å²) in [6.45, 7) is 11.7. The van der Waals surface area contributed by atoms with Crippen LogP contribution in [0.5, 0.6) is 0 Å². The molecule has 118 valence electrons. The first-order valence-electron chi connectivity index (χ1n) is 8.29. The molecule has 1 aliphatic heterocycles. The number of thiazole rings is 1. The second-order valence-corrected chi connectivity index (χ2v) is 7.77. The summed E-state index contributed by atoms with van der Waals surface area (Å²) in [7, 11) is 0. The molecule has 2 fully saturated rings. The summed E-state index contributed by atoms with van der Waals surface area (Å²) in [5.74, 6) is 0. The molecule has 1 aromatic heterocycles. The van der Waals surface area contributed by atoms with Gasteiger partial charge in [0, 0.05) is 56.9 Å². The van der Waals surface area contributed by atoms with Gasteiger partial charge in [0.1, 0.15) is 0 Å². The fraction of sp³-hybridized carbons (Fsp3) is 0.812. The van der Waals surface area contributed by atoms with Gasteiger partial charge >= 0.3 is 0 Å². The van der Waals surface area contributed by atoms with E-state index in [0.717, 1.165) is 19.1 Å². The Balaban J connectivity index is 1.46. The van der Waals surface area contributed by atoms with Crippen molar-refractivity contribution in [2.24, 2.45) is 5.41 Å². The van der Waals surface area contributed by atoms with Crippen LogP contribution in [-0.2, 0) is 0 Å². The lowest BCUT2D eigenvalue weighted by atomic mass is 9.86. The van der Waals surface area contributed by atoms with Crippen LogP contribution in [0.2, 0.25) is 0 Å². The molecule has 0 radical (unpaired) electrons. The molecule has 21 heavy (non-hydrogen) atoms. The zero-order valence-electron chi connectivity index (χ0n) is 13.3. The van der Waals surface area contributed by atoms with Gasteiger partial charge in [-0.05, 0) is 24.7 Å². The topological polar surface area (TPSA) is 31.4 Å². The van der Waals surface area contributed by atoms with Crippen LogP contribution in [0.3, 0.4) is 0 Å². The van der Waals surface area contributed by atoms with Crippen LogP contribution in [-0.4, -0.2) is 55.2 Å². The summed E-state index contributed by atoms with van der Waals surface area (Å²) in [6, 6.07) is 0.817. The zero-order chi connectivity index (χ0) is 14.7. The van der Waals surface area contributed by atoms with Crippen LogP contribution in [0.4, 0.5) is 5.13 Å². The normalized spacial score (nSPS) is 23.2. The van der Waals surface area contributed by atoms with E-state index < -0.39 is 0 Å². The minimum Gasteiger partial charge on any atom is -0.346 e. The molecule has 1 saturated heterocycles. The number of rotatable bonds is 7. The van der Waals surface area contributed by atoms with Gasteiger partial charge in [0.2, 0.25) is 0 Å². The van der Waals surface area contributed by atoms with Crippen molar-refractivity contribution in [2.45, 2.75) is 39.2 Å². The number of anilines is 1. The van der Waals surface area contributed by atoms with E-state index in [2.05, 4.69) is 39.3 Å². The Morgan fingerprint density at radius 2 is 2.10 bits per heavy atom. The average Bonchev–Trinajstić information content (AvgIpc) is 3.18. The molecular formula is C16H28N4S. The molecule has 4 nitrogen and oxygen atoms in total. The van der Waals surface area contributed by atoms with E-state index >= 15 is 0 Å². The molecule has 3 rings (SSSR count). The van der Waals surface area contributed by atoms with Crippen LogP contribution in [0.25, 0.3) is 0 Å². The molecule has 0 aromatic carbocycles. The van der Waals surface area contributed by atoms with E-state index in [1.165, 1.54) is 50.6 Å². The number of nitrogens with one attached hydrogen (secondary N) is 1. The third-order valence-electron chi connectivity index (χ3n) is 4.92. The molecular weight excluding hydrogens is 280 g/mol. The third-order valence-corrected chi connectivity index (χ3v) is 5.75. The Morgan fingerprint density at radius 3 is 2.67 bits per heavy atom. The largest absolute Gasteiger partial charge is 0.346 e. The Hall–Kier alpha value is -0.650. The number of hydrogen-bond donors (Lipinski definition) is 1. The molecule has 5 heteroatoms. The minimum atomic E-state index is 0.409. The molecule has 1 atom stereocenters. The maximum absolute atomic E-state index is 4.43. The second-order valence-electron chi connectivity index (χ2n) is 6.90. The van der Waals surface area contributed by atoms with Crippen molar-refractivity contribution in [1.82, 2.24) is 15.2 Å². The highest BCUT2D eigenvalue weighted by Crippen LogP contribution is 2.26. The molecule has 1 saturated carbocycles. The summed E-state index contributed by atoms with van der Waals surface area (Å²) < 4.78 is 0. The van der Waals surface area contributed by atoms with Crippen molar-refractivity contribution in [3.05, 3.63) is 11.6 Å². The van der Waals surface area contributed by atoms with E-state index in [0.29, 0.717) is 5.41 Å². The van der Waals surface area contributed by atoms with Gasteiger partial charge in [0.25, 0.3) is 0 Å². The Morgan fingerprint density at radius 1 is 1.33 bits per heavy atom. The first-order chi connectivity index (χ1) is 10.2. The van der Waals surface area contributed by atoms with Crippen molar-refractivity contribution in [2.75, 3.05) is 44.2 Å². The predicted octanol–water partition coefficient (Wildman–Crippen LogP) is 2.43. The van der Waals surface area contributed by atoms with Gasteiger partial charge in [-0.1, -0.05) is 13.8 Å². The van der Waals surface area contributed by atoms with Gasteiger partial charge in [-0.15, -0.1) is 11.3 Å². The molecule has 1 unspecified atom stereocenters. The van der Waals surface area contributed by atoms with Crippen LogP contribution in [0.15, 0.2) is 11.6 Å². The minimum absolute atomic E-state index is 0.409. The van der Waals surface area contributed by atoms with Crippen LogP contribution in [0, 0.1) is 5.41 Å². The first kappa shape index (κ1) is 15.3. The van der Waals surface area contributed by atoms with Crippen molar-refractivity contribution >= 4 is 16.5 Å². The fourth-order valence-corrected chi connectivity index (χ4v) is 3.68. The molecule has 0 bridgehead atoms. The van der Waals surface area contributed by atoms with Gasteiger partial charge < -0.3 is 10.2 Å². The summed E-state index contributed by atoms with van der Waals surface area (Å²) in [6.07, 6.45) is 5.92. The standard InChI is InChI=1S/C16H28N4S/c1-3-16(2,12-18-14-4-5-14)13-19-7-9-20(10-8-19)15-17-6-11-21-15/h6,11,14,18H,3-5,7-10,12-13H2,1-2H3. The van der Waals surface area contributed by atoms with Gasteiger partial charge in [-0.25, -0.2) is 4.98 Å². The third kappa shape index (κ3) is 4.18. The van der Waals surface area contributed by atoms with Gasteiger partial charge in [-0.2, -0.15) is 0 Å². The monoisotopic (exact) mass is 308 g/mol. The smallest absolute Gasteiger partial charge is 0.185 e. The van der Waals surface area contributed by atoms with E-state index in [1.807, 2.05) is 6.20 Å². The van der Waals surface area contributed by atoms with Crippen molar-refractivity contribution < 1.29 is 0 Å². The van der Waals surface area contributed by atoms with Crippen molar-refractivity contribution in [3.63, 3.8) is 0 Å². The summed E-state index contributed by atoms with van der Waals surface area (Å²) in [5, 5.41) is 6.98. The maximum Gasteiger partial charge on any atom is 0.185 e. The Kier molecular flexibility index (Phi) is 4.82. The number of piperazine rings is 1. The molecule has 0 spiro atoms. The highest BCUT2D eigenvalue weighted by Gasteiger charge is 2.30. The summed E-state index contributed by atoms with van der Waals surface area (Å²) in [4.78, 5) is 9.49. The van der Waals surface area contributed by atoms with Crippen molar-refractivity contribution in [3.8, 4) is 0 Å². The van der Waals surface area contributed by atoms with Gasteiger partial charge in [0.05, 0.1) is 0 Å². The van der Waals surface area contributed by atoms with E-state index in [1.54, 1.807) is 11.3 Å². The fourth-order valence-electron chi connectivity index (χ4n) is 2.98. The quantitative estimate of drug-likeness (QED) is 0.838. The molecule has 1 aromatic rings. The molecule has 2 aliphatic rings. The first-order valence-corrected chi connectivity index (χ1v) is 9.17. The highest BCUT2D eigenvalue weighted by molar-refractivity contribution is 7.13. The molecule has 0 amide bonds. The molecule has 1 N–H and O–H groups in total. The van der Waals surface area contributed by atoms with E-state index in [-0.39, 0.29) is 0 Å². The Labute approximate surface area is 132 Å². The van der Waals surface area contributed by atoms with Crippen molar-refractivity contribution in [1.29, 1.82) is 0 Å². The SMILES string of the molecule is CCC(C)(CNC1CC1)CN1CCN(c2nccs2)CC1. The average molecular weight is 308 g/mol. The van der Waals surface area contributed by atoms with E-state index in [4.69, 9.17) is 0 Å². The number of hydrogen-bond acceptors (Lipinski definition) is 5. The Bertz CT molecular complexity index is 423. The second kappa shape index (κ2) is 6.63. The zero-order valence-corrected chi connectivity index (χ0v) is 14.2. The lowest BCUT2D eigenvalue weighted by Gasteiger charge is -2.40. The lowest BCUT2D eigenvalue weighted by molar-refractivity contribution is 0.148.